The summed E-state index contributed by atoms with van der Waals surface area (Å²) in [5, 5.41) is 8.83. The molecule has 0 radical (unpaired) electrons. The first-order valence-electron chi connectivity index (χ1n) is 6.64. The molecule has 1 aliphatic rings. The standard InChI is InChI=1S/C15H11F3N4/c16-11-5-10(6-12(17)7-11)15(18)2-4-22(9-15)14-20-3-1-13(8-19)21-14/h1,3,5-7H,2,4,9H2/t15-/m0/s1. The van der Waals surface area contributed by atoms with E-state index in [0.29, 0.717) is 12.6 Å². The predicted molar refractivity (Wildman–Crippen MR) is 72.7 cm³/mol. The number of nitrogens with zero attached hydrogens (tertiary/aromatic N) is 4. The van der Waals surface area contributed by atoms with Gasteiger partial charge >= 0.3 is 0 Å². The van der Waals surface area contributed by atoms with Gasteiger partial charge in [-0.2, -0.15) is 5.26 Å². The molecule has 7 heteroatoms. The zero-order valence-corrected chi connectivity index (χ0v) is 11.4. The molecule has 0 N–H and O–H groups in total. The van der Waals surface area contributed by atoms with Crippen LogP contribution in [0.1, 0.15) is 17.7 Å². The van der Waals surface area contributed by atoms with Crippen LogP contribution in [0.2, 0.25) is 0 Å². The first-order chi connectivity index (χ1) is 10.5. The Kier molecular flexibility index (Phi) is 3.45. The lowest BCUT2D eigenvalue weighted by Gasteiger charge is -2.21. The molecule has 0 aliphatic carbocycles. The minimum atomic E-state index is -1.88. The molecule has 0 amide bonds. The van der Waals surface area contributed by atoms with Crippen molar-refractivity contribution in [3.05, 3.63) is 53.4 Å². The fourth-order valence-corrected chi connectivity index (χ4v) is 2.55. The van der Waals surface area contributed by atoms with Gasteiger partial charge in [0.1, 0.15) is 23.4 Å². The smallest absolute Gasteiger partial charge is 0.226 e. The third-order valence-electron chi connectivity index (χ3n) is 3.64. The van der Waals surface area contributed by atoms with Crippen molar-refractivity contribution in [2.24, 2.45) is 0 Å². The molecule has 3 rings (SSSR count). The summed E-state index contributed by atoms with van der Waals surface area (Å²) in [5.41, 5.74) is -1.74. The third kappa shape index (κ3) is 2.60. The second-order valence-electron chi connectivity index (χ2n) is 5.15. The van der Waals surface area contributed by atoms with E-state index in [-0.39, 0.29) is 30.2 Å². The zero-order chi connectivity index (χ0) is 15.7. The van der Waals surface area contributed by atoms with Crippen molar-refractivity contribution in [1.82, 2.24) is 9.97 Å². The van der Waals surface area contributed by atoms with Crippen molar-refractivity contribution in [2.45, 2.75) is 12.1 Å². The fraction of sp³-hybridized carbons (Fsp3) is 0.267. The lowest BCUT2D eigenvalue weighted by atomic mass is 9.95. The molecule has 0 spiro atoms. The molecule has 4 nitrogen and oxygen atoms in total. The zero-order valence-electron chi connectivity index (χ0n) is 11.4. The normalized spacial score (nSPS) is 20.9. The van der Waals surface area contributed by atoms with E-state index in [0.717, 1.165) is 12.1 Å². The molecule has 22 heavy (non-hydrogen) atoms. The second kappa shape index (κ2) is 5.30. The maximum absolute atomic E-state index is 15.0. The number of benzene rings is 1. The summed E-state index contributed by atoms with van der Waals surface area (Å²) >= 11 is 0. The number of anilines is 1. The van der Waals surface area contributed by atoms with Crippen LogP contribution in [0.15, 0.2) is 30.5 Å². The van der Waals surface area contributed by atoms with Crippen molar-refractivity contribution in [2.75, 3.05) is 18.0 Å². The largest absolute Gasteiger partial charge is 0.337 e. The van der Waals surface area contributed by atoms with Crippen molar-refractivity contribution in [3.63, 3.8) is 0 Å². The molecule has 1 aliphatic heterocycles. The van der Waals surface area contributed by atoms with Crippen LogP contribution in [0, 0.1) is 23.0 Å². The number of halogens is 3. The van der Waals surface area contributed by atoms with Crippen LogP contribution in [-0.4, -0.2) is 23.1 Å². The Bertz CT molecular complexity index is 738. The highest BCUT2D eigenvalue weighted by atomic mass is 19.1. The average Bonchev–Trinajstić information content (AvgIpc) is 2.90. The van der Waals surface area contributed by atoms with E-state index in [2.05, 4.69) is 9.97 Å². The lowest BCUT2D eigenvalue weighted by molar-refractivity contribution is 0.194. The Labute approximate surface area is 124 Å². The van der Waals surface area contributed by atoms with Crippen LogP contribution in [0.4, 0.5) is 19.1 Å². The molecule has 0 saturated carbocycles. The molecular formula is C15H11F3N4. The number of hydrogen-bond acceptors (Lipinski definition) is 4. The quantitative estimate of drug-likeness (QED) is 0.856. The van der Waals surface area contributed by atoms with Crippen molar-refractivity contribution < 1.29 is 13.2 Å². The average molecular weight is 304 g/mol. The molecule has 112 valence electrons. The van der Waals surface area contributed by atoms with Crippen LogP contribution in [0.25, 0.3) is 0 Å². The summed E-state index contributed by atoms with van der Waals surface area (Å²) in [5.74, 6) is -1.39. The SMILES string of the molecule is N#Cc1ccnc(N2CC[C@@](F)(c3cc(F)cc(F)c3)C2)n1. The molecule has 0 unspecified atom stereocenters. The van der Waals surface area contributed by atoms with Gasteiger partial charge in [0.25, 0.3) is 0 Å². The molecule has 1 aromatic heterocycles. The number of nitriles is 1. The molecular weight excluding hydrogens is 293 g/mol. The van der Waals surface area contributed by atoms with E-state index in [9.17, 15) is 8.78 Å². The van der Waals surface area contributed by atoms with Crippen LogP contribution < -0.4 is 4.90 Å². The fourth-order valence-electron chi connectivity index (χ4n) is 2.55. The van der Waals surface area contributed by atoms with Crippen molar-refractivity contribution in [1.29, 1.82) is 5.26 Å². The number of aromatic nitrogens is 2. The third-order valence-corrected chi connectivity index (χ3v) is 3.64. The van der Waals surface area contributed by atoms with E-state index in [4.69, 9.17) is 5.26 Å². The maximum atomic E-state index is 15.0. The van der Waals surface area contributed by atoms with Crippen LogP contribution in [0.3, 0.4) is 0 Å². The second-order valence-corrected chi connectivity index (χ2v) is 5.15. The topological polar surface area (TPSA) is 52.8 Å². The van der Waals surface area contributed by atoms with Gasteiger partial charge in [-0.15, -0.1) is 0 Å². The Balaban J connectivity index is 1.88. The van der Waals surface area contributed by atoms with Crippen molar-refractivity contribution >= 4 is 5.95 Å². The van der Waals surface area contributed by atoms with E-state index >= 15 is 4.39 Å². The van der Waals surface area contributed by atoms with Gasteiger partial charge in [-0.05, 0) is 23.8 Å². The van der Waals surface area contributed by atoms with Crippen LogP contribution in [0.5, 0.6) is 0 Å². The Hall–Kier alpha value is -2.62. The summed E-state index contributed by atoms with van der Waals surface area (Å²) in [6.45, 7) is 0.175. The summed E-state index contributed by atoms with van der Waals surface area (Å²) in [6.07, 6.45) is 1.48. The summed E-state index contributed by atoms with van der Waals surface area (Å²) < 4.78 is 41.6. The molecule has 1 saturated heterocycles. The minimum Gasteiger partial charge on any atom is -0.337 e. The van der Waals surface area contributed by atoms with Crippen molar-refractivity contribution in [3.8, 4) is 6.07 Å². The Morgan fingerprint density at radius 1 is 1.23 bits per heavy atom. The summed E-state index contributed by atoms with van der Waals surface area (Å²) in [7, 11) is 0. The summed E-state index contributed by atoms with van der Waals surface area (Å²) in [4.78, 5) is 9.58. The van der Waals surface area contributed by atoms with E-state index < -0.39 is 17.3 Å². The number of alkyl halides is 1. The monoisotopic (exact) mass is 304 g/mol. The van der Waals surface area contributed by atoms with Gasteiger partial charge in [0.05, 0.1) is 6.54 Å². The lowest BCUT2D eigenvalue weighted by Crippen LogP contribution is -2.28. The van der Waals surface area contributed by atoms with E-state index in [1.807, 2.05) is 6.07 Å². The van der Waals surface area contributed by atoms with E-state index in [1.54, 1.807) is 4.90 Å². The number of hydrogen-bond donors (Lipinski definition) is 0. The predicted octanol–water partition coefficient (Wildman–Crippen LogP) is 2.70. The molecule has 0 bridgehead atoms. The van der Waals surface area contributed by atoms with Gasteiger partial charge in [0.15, 0.2) is 5.67 Å². The van der Waals surface area contributed by atoms with Gasteiger partial charge in [0, 0.05) is 25.2 Å². The molecule has 2 heterocycles. The molecule has 1 atom stereocenters. The van der Waals surface area contributed by atoms with Crippen LogP contribution in [-0.2, 0) is 5.67 Å². The summed E-state index contributed by atoms with van der Waals surface area (Å²) in [6, 6.07) is 6.04. The van der Waals surface area contributed by atoms with Gasteiger partial charge in [0.2, 0.25) is 5.95 Å². The highest BCUT2D eigenvalue weighted by Crippen LogP contribution is 2.37. The highest BCUT2D eigenvalue weighted by Gasteiger charge is 2.41. The molecule has 2 aromatic rings. The first-order valence-corrected chi connectivity index (χ1v) is 6.64. The Morgan fingerprint density at radius 2 is 1.95 bits per heavy atom. The van der Waals surface area contributed by atoms with Gasteiger partial charge in [-0.25, -0.2) is 23.1 Å². The van der Waals surface area contributed by atoms with Gasteiger partial charge in [-0.3, -0.25) is 0 Å². The van der Waals surface area contributed by atoms with Gasteiger partial charge < -0.3 is 4.90 Å². The minimum absolute atomic E-state index is 0.0380. The molecule has 1 aromatic carbocycles. The maximum Gasteiger partial charge on any atom is 0.226 e. The Morgan fingerprint density at radius 3 is 2.64 bits per heavy atom. The first kappa shape index (κ1) is 14.3. The number of rotatable bonds is 2. The molecule has 1 fully saturated rings. The highest BCUT2D eigenvalue weighted by molar-refractivity contribution is 5.39. The van der Waals surface area contributed by atoms with E-state index in [1.165, 1.54) is 12.3 Å². The van der Waals surface area contributed by atoms with Gasteiger partial charge in [-0.1, -0.05) is 0 Å². The van der Waals surface area contributed by atoms with Crippen LogP contribution >= 0.6 is 0 Å².